The maximum atomic E-state index is 5.72. The van der Waals surface area contributed by atoms with Crippen molar-refractivity contribution in [3.05, 3.63) is 23.4 Å². The SMILES string of the molecule is Clc1ccc(NCCC2CC2)nc1. The molecule has 0 atom stereocenters. The number of halogens is 1. The monoisotopic (exact) mass is 196 g/mol. The Hall–Kier alpha value is -0.760. The minimum Gasteiger partial charge on any atom is -0.370 e. The van der Waals surface area contributed by atoms with Gasteiger partial charge in [0, 0.05) is 12.7 Å². The van der Waals surface area contributed by atoms with E-state index in [1.54, 1.807) is 6.20 Å². The Morgan fingerprint density at radius 1 is 1.46 bits per heavy atom. The van der Waals surface area contributed by atoms with E-state index in [0.717, 1.165) is 18.3 Å². The molecule has 0 aliphatic heterocycles. The Morgan fingerprint density at radius 2 is 2.31 bits per heavy atom. The van der Waals surface area contributed by atoms with Crippen LogP contribution in [0.4, 0.5) is 5.82 Å². The molecule has 0 aromatic carbocycles. The number of nitrogens with zero attached hydrogens (tertiary/aromatic N) is 1. The van der Waals surface area contributed by atoms with Crippen LogP contribution in [0.25, 0.3) is 0 Å². The summed E-state index contributed by atoms with van der Waals surface area (Å²) in [5.74, 6) is 1.89. The summed E-state index contributed by atoms with van der Waals surface area (Å²) in [6, 6.07) is 3.77. The van der Waals surface area contributed by atoms with Crippen molar-refractivity contribution in [3.63, 3.8) is 0 Å². The summed E-state index contributed by atoms with van der Waals surface area (Å²) in [6.07, 6.45) is 5.76. The van der Waals surface area contributed by atoms with Gasteiger partial charge in [0.1, 0.15) is 5.82 Å². The summed E-state index contributed by atoms with van der Waals surface area (Å²) >= 11 is 5.72. The van der Waals surface area contributed by atoms with E-state index < -0.39 is 0 Å². The lowest BCUT2D eigenvalue weighted by Gasteiger charge is -2.03. The normalized spacial score (nSPS) is 15.8. The first-order valence-electron chi connectivity index (χ1n) is 4.70. The van der Waals surface area contributed by atoms with Gasteiger partial charge < -0.3 is 5.32 Å². The molecule has 0 bridgehead atoms. The standard InChI is InChI=1S/C10H13ClN2/c11-9-3-4-10(13-7-9)12-6-5-8-1-2-8/h3-4,7-8H,1-2,5-6H2,(H,12,13). The van der Waals surface area contributed by atoms with Crippen molar-refractivity contribution in [2.45, 2.75) is 19.3 Å². The summed E-state index contributed by atoms with van der Waals surface area (Å²) in [5, 5.41) is 3.96. The molecule has 0 radical (unpaired) electrons. The van der Waals surface area contributed by atoms with Gasteiger partial charge >= 0.3 is 0 Å². The highest BCUT2D eigenvalue weighted by molar-refractivity contribution is 6.30. The number of rotatable bonds is 4. The maximum absolute atomic E-state index is 5.72. The van der Waals surface area contributed by atoms with Crippen LogP contribution in [0.15, 0.2) is 18.3 Å². The molecule has 1 N–H and O–H groups in total. The van der Waals surface area contributed by atoms with Crippen molar-refractivity contribution >= 4 is 17.4 Å². The molecule has 2 nitrogen and oxygen atoms in total. The van der Waals surface area contributed by atoms with Crippen molar-refractivity contribution < 1.29 is 0 Å². The van der Waals surface area contributed by atoms with Gasteiger partial charge in [-0.2, -0.15) is 0 Å². The minimum atomic E-state index is 0.688. The molecule has 70 valence electrons. The predicted molar refractivity (Wildman–Crippen MR) is 55.1 cm³/mol. The van der Waals surface area contributed by atoms with Crippen LogP contribution in [0.3, 0.4) is 0 Å². The van der Waals surface area contributed by atoms with Gasteiger partial charge in [0.05, 0.1) is 5.02 Å². The van der Waals surface area contributed by atoms with Crippen molar-refractivity contribution in [1.82, 2.24) is 4.98 Å². The molecule has 2 rings (SSSR count). The average molecular weight is 197 g/mol. The average Bonchev–Trinajstić information content (AvgIpc) is 2.92. The Balaban J connectivity index is 1.76. The van der Waals surface area contributed by atoms with Gasteiger partial charge in [-0.15, -0.1) is 0 Å². The number of hydrogen-bond donors (Lipinski definition) is 1. The van der Waals surface area contributed by atoms with Crippen molar-refractivity contribution in [1.29, 1.82) is 0 Å². The number of nitrogens with one attached hydrogen (secondary N) is 1. The molecule has 1 heterocycles. The lowest BCUT2D eigenvalue weighted by Crippen LogP contribution is -2.03. The van der Waals surface area contributed by atoms with Crippen LogP contribution in [0.5, 0.6) is 0 Å². The summed E-state index contributed by atoms with van der Waals surface area (Å²) in [5.41, 5.74) is 0. The van der Waals surface area contributed by atoms with Crippen LogP contribution >= 0.6 is 11.6 Å². The summed E-state index contributed by atoms with van der Waals surface area (Å²) in [6.45, 7) is 1.03. The molecule has 0 spiro atoms. The van der Waals surface area contributed by atoms with E-state index >= 15 is 0 Å². The highest BCUT2D eigenvalue weighted by atomic mass is 35.5. The Labute approximate surface area is 83.3 Å². The molecule has 1 aromatic heterocycles. The zero-order valence-electron chi connectivity index (χ0n) is 7.46. The third-order valence-corrected chi connectivity index (χ3v) is 2.51. The molecule has 3 heteroatoms. The molecule has 0 saturated heterocycles. The van der Waals surface area contributed by atoms with Crippen molar-refractivity contribution in [3.8, 4) is 0 Å². The molecule has 1 aliphatic carbocycles. The first-order valence-corrected chi connectivity index (χ1v) is 5.08. The van der Waals surface area contributed by atoms with E-state index in [-0.39, 0.29) is 0 Å². The van der Waals surface area contributed by atoms with E-state index in [1.807, 2.05) is 12.1 Å². The van der Waals surface area contributed by atoms with Gasteiger partial charge in [0.15, 0.2) is 0 Å². The molecule has 0 unspecified atom stereocenters. The third-order valence-electron chi connectivity index (χ3n) is 2.28. The maximum Gasteiger partial charge on any atom is 0.125 e. The van der Waals surface area contributed by atoms with Gasteiger partial charge in [-0.05, 0) is 24.5 Å². The molecule has 13 heavy (non-hydrogen) atoms. The molecule has 1 aliphatic rings. The fourth-order valence-electron chi connectivity index (χ4n) is 1.29. The highest BCUT2D eigenvalue weighted by Gasteiger charge is 2.20. The molecule has 1 aromatic rings. The Kier molecular flexibility index (Phi) is 2.69. The predicted octanol–water partition coefficient (Wildman–Crippen LogP) is 2.95. The van der Waals surface area contributed by atoms with E-state index in [4.69, 9.17) is 11.6 Å². The van der Waals surface area contributed by atoms with E-state index in [2.05, 4.69) is 10.3 Å². The zero-order valence-corrected chi connectivity index (χ0v) is 8.22. The highest BCUT2D eigenvalue weighted by Crippen LogP contribution is 2.31. The minimum absolute atomic E-state index is 0.688. The van der Waals surface area contributed by atoms with Crippen LogP contribution in [0.1, 0.15) is 19.3 Å². The van der Waals surface area contributed by atoms with E-state index in [9.17, 15) is 0 Å². The first-order chi connectivity index (χ1) is 6.34. The quantitative estimate of drug-likeness (QED) is 0.801. The van der Waals surface area contributed by atoms with Crippen LogP contribution in [-0.2, 0) is 0 Å². The van der Waals surface area contributed by atoms with E-state index in [1.165, 1.54) is 19.3 Å². The van der Waals surface area contributed by atoms with Gasteiger partial charge in [-0.25, -0.2) is 4.98 Å². The summed E-state index contributed by atoms with van der Waals surface area (Å²) < 4.78 is 0. The lowest BCUT2D eigenvalue weighted by molar-refractivity contribution is 0.758. The van der Waals surface area contributed by atoms with Crippen LogP contribution < -0.4 is 5.32 Å². The molecule has 1 saturated carbocycles. The van der Waals surface area contributed by atoms with Crippen molar-refractivity contribution in [2.75, 3.05) is 11.9 Å². The Morgan fingerprint density at radius 3 is 2.92 bits per heavy atom. The van der Waals surface area contributed by atoms with E-state index in [0.29, 0.717) is 5.02 Å². The van der Waals surface area contributed by atoms with Crippen LogP contribution in [0.2, 0.25) is 5.02 Å². The first kappa shape index (κ1) is 8.82. The van der Waals surface area contributed by atoms with Crippen LogP contribution in [0, 0.1) is 5.92 Å². The molecule has 1 fully saturated rings. The second-order valence-corrected chi connectivity index (χ2v) is 3.96. The second-order valence-electron chi connectivity index (χ2n) is 3.52. The van der Waals surface area contributed by atoms with Gasteiger partial charge in [-0.1, -0.05) is 24.4 Å². The molecular formula is C10H13ClN2. The topological polar surface area (TPSA) is 24.9 Å². The fourth-order valence-corrected chi connectivity index (χ4v) is 1.40. The number of pyridine rings is 1. The van der Waals surface area contributed by atoms with Crippen molar-refractivity contribution in [2.24, 2.45) is 5.92 Å². The van der Waals surface area contributed by atoms with Gasteiger partial charge in [0.25, 0.3) is 0 Å². The smallest absolute Gasteiger partial charge is 0.125 e. The number of hydrogen-bond acceptors (Lipinski definition) is 2. The summed E-state index contributed by atoms with van der Waals surface area (Å²) in [4.78, 5) is 4.15. The largest absolute Gasteiger partial charge is 0.370 e. The van der Waals surface area contributed by atoms with Gasteiger partial charge in [0.2, 0.25) is 0 Å². The third kappa shape index (κ3) is 2.88. The molecular weight excluding hydrogens is 184 g/mol. The Bertz CT molecular complexity index is 267. The number of aromatic nitrogens is 1. The molecule has 0 amide bonds. The zero-order chi connectivity index (χ0) is 9.10. The van der Waals surface area contributed by atoms with Gasteiger partial charge in [-0.3, -0.25) is 0 Å². The summed E-state index contributed by atoms with van der Waals surface area (Å²) in [7, 11) is 0. The van der Waals surface area contributed by atoms with Crippen LogP contribution in [-0.4, -0.2) is 11.5 Å². The number of anilines is 1. The second kappa shape index (κ2) is 3.97. The lowest BCUT2D eigenvalue weighted by atomic mass is 10.3. The fraction of sp³-hybridized carbons (Fsp3) is 0.500.